The number of guanidine groups is 1. The second kappa shape index (κ2) is 6.34. The first-order valence-electron chi connectivity index (χ1n) is 8.96. The molecule has 3 aromatic carbocycles. The van der Waals surface area contributed by atoms with Crippen LogP contribution < -0.4 is 10.6 Å². The van der Waals surface area contributed by atoms with Crippen LogP contribution in [-0.4, -0.2) is 13.0 Å². The summed E-state index contributed by atoms with van der Waals surface area (Å²) in [4.78, 5) is 6.67. The van der Waals surface area contributed by atoms with Gasteiger partial charge in [-0.15, -0.1) is 0 Å². The zero-order chi connectivity index (χ0) is 18.3. The minimum atomic E-state index is 0.478. The molecule has 130 valence electrons. The van der Waals surface area contributed by atoms with E-state index in [1.54, 1.807) is 0 Å². The highest BCUT2D eigenvalue weighted by atomic mass is 15.2. The van der Waals surface area contributed by atoms with Crippen LogP contribution in [0.5, 0.6) is 0 Å². The molecule has 0 spiro atoms. The molecule has 1 aliphatic carbocycles. The predicted molar refractivity (Wildman–Crippen MR) is 113 cm³/mol. The number of aliphatic imine (C=N–C) groups is 1. The average Bonchev–Trinajstić information content (AvgIpc) is 3.09. The number of nitrogens with zero attached hydrogens (tertiary/aromatic N) is 2. The van der Waals surface area contributed by atoms with Gasteiger partial charge in [0.05, 0.1) is 5.69 Å². The summed E-state index contributed by atoms with van der Waals surface area (Å²) in [6.45, 7) is 4.38. The molecule has 0 amide bonds. The van der Waals surface area contributed by atoms with Crippen LogP contribution in [0.4, 0.5) is 11.4 Å². The molecule has 3 aromatic rings. The Balaban J connectivity index is 1.72. The number of hydrogen-bond donors (Lipinski definition) is 1. The van der Waals surface area contributed by atoms with Gasteiger partial charge in [0.15, 0.2) is 0 Å². The van der Waals surface area contributed by atoms with Crippen molar-refractivity contribution in [2.75, 3.05) is 11.9 Å². The van der Waals surface area contributed by atoms with Crippen molar-refractivity contribution in [1.29, 1.82) is 0 Å². The lowest BCUT2D eigenvalue weighted by molar-refractivity contribution is 0.866. The lowest BCUT2D eigenvalue weighted by atomic mass is 10.0. The topological polar surface area (TPSA) is 41.6 Å². The summed E-state index contributed by atoms with van der Waals surface area (Å²) in [5.74, 6) is 0.963. The summed E-state index contributed by atoms with van der Waals surface area (Å²) in [5, 5.41) is 2.49. The zero-order valence-corrected chi connectivity index (χ0v) is 15.4. The summed E-state index contributed by atoms with van der Waals surface area (Å²) in [6.07, 6.45) is 4.27. The van der Waals surface area contributed by atoms with Crippen LogP contribution in [0, 0.1) is 0 Å². The maximum atomic E-state index is 6.34. The van der Waals surface area contributed by atoms with Gasteiger partial charge in [0.2, 0.25) is 5.96 Å². The van der Waals surface area contributed by atoms with E-state index in [2.05, 4.69) is 74.5 Å². The van der Waals surface area contributed by atoms with E-state index in [9.17, 15) is 0 Å². The van der Waals surface area contributed by atoms with E-state index in [4.69, 9.17) is 10.7 Å². The maximum absolute atomic E-state index is 6.34. The molecule has 0 aromatic heterocycles. The van der Waals surface area contributed by atoms with Crippen LogP contribution in [0.25, 0.3) is 22.9 Å². The molecule has 0 saturated heterocycles. The molecule has 0 heterocycles. The van der Waals surface area contributed by atoms with Crippen LogP contribution in [0.2, 0.25) is 0 Å². The molecular formula is C23H23N3. The highest BCUT2D eigenvalue weighted by Gasteiger charge is 2.14. The molecular weight excluding hydrogens is 318 g/mol. The lowest BCUT2D eigenvalue weighted by Gasteiger charge is -2.20. The molecule has 3 heteroatoms. The second-order valence-corrected chi connectivity index (χ2v) is 7.06. The number of benzene rings is 3. The standard InChI is InChI=1S/C23H23N3/c1-15(2)18-8-5-9-19(14-18)26(3)23(24)25-21-13-11-17-7-4-6-16-10-12-20(21)22(16)17/h4-15H,1-3H3,(H2,24,25). The molecule has 0 aliphatic heterocycles. The third kappa shape index (κ3) is 2.76. The summed E-state index contributed by atoms with van der Waals surface area (Å²) < 4.78 is 0. The Kier molecular flexibility index (Phi) is 4.00. The highest BCUT2D eigenvalue weighted by molar-refractivity contribution is 6.08. The van der Waals surface area contributed by atoms with E-state index >= 15 is 0 Å². The Bertz CT molecular complexity index is 1040. The van der Waals surface area contributed by atoms with Crippen LogP contribution >= 0.6 is 0 Å². The Morgan fingerprint density at radius 3 is 2.62 bits per heavy atom. The third-order valence-corrected chi connectivity index (χ3v) is 5.03. The summed E-state index contributed by atoms with van der Waals surface area (Å²) in [7, 11) is 1.96. The molecule has 0 radical (unpaired) electrons. The van der Waals surface area contributed by atoms with E-state index in [-0.39, 0.29) is 0 Å². The number of anilines is 1. The van der Waals surface area contributed by atoms with Crippen molar-refractivity contribution in [2.45, 2.75) is 19.8 Å². The van der Waals surface area contributed by atoms with Gasteiger partial charge in [0.1, 0.15) is 0 Å². The van der Waals surface area contributed by atoms with E-state index in [1.807, 2.05) is 18.0 Å². The van der Waals surface area contributed by atoms with Crippen molar-refractivity contribution in [1.82, 2.24) is 0 Å². The first-order valence-corrected chi connectivity index (χ1v) is 8.96. The third-order valence-electron chi connectivity index (χ3n) is 5.03. The molecule has 0 bridgehead atoms. The smallest absolute Gasteiger partial charge is 0.200 e. The van der Waals surface area contributed by atoms with Crippen molar-refractivity contribution in [3.05, 3.63) is 71.3 Å². The van der Waals surface area contributed by atoms with Crippen LogP contribution in [-0.2, 0) is 0 Å². The van der Waals surface area contributed by atoms with Gasteiger partial charge in [0, 0.05) is 18.3 Å². The molecule has 0 atom stereocenters. The Labute approximate surface area is 154 Å². The first-order chi connectivity index (χ1) is 12.5. The SMILES string of the molecule is CC(C)c1cccc(N(C)C(N)=Nc2ccc3cccc4c3c2C=C4)c1. The fourth-order valence-corrected chi connectivity index (χ4v) is 3.43. The molecule has 0 unspecified atom stereocenters. The van der Waals surface area contributed by atoms with Gasteiger partial charge in [-0.1, -0.05) is 62.4 Å². The first kappa shape index (κ1) is 16.4. The highest BCUT2D eigenvalue weighted by Crippen LogP contribution is 2.37. The predicted octanol–water partition coefficient (Wildman–Crippen LogP) is 5.53. The molecule has 3 nitrogen and oxygen atoms in total. The van der Waals surface area contributed by atoms with Crippen LogP contribution in [0.3, 0.4) is 0 Å². The summed E-state index contributed by atoms with van der Waals surface area (Å²) in [6, 6.07) is 19.0. The number of rotatable bonds is 3. The van der Waals surface area contributed by atoms with E-state index in [0.717, 1.165) is 16.9 Å². The number of nitrogens with two attached hydrogens (primary N) is 1. The Hall–Kier alpha value is -3.07. The normalized spacial score (nSPS) is 13.0. The number of hydrogen-bond acceptors (Lipinski definition) is 1. The minimum Gasteiger partial charge on any atom is -0.369 e. The Morgan fingerprint density at radius 1 is 1.00 bits per heavy atom. The maximum Gasteiger partial charge on any atom is 0.200 e. The lowest BCUT2D eigenvalue weighted by Crippen LogP contribution is -2.33. The Morgan fingerprint density at radius 2 is 1.81 bits per heavy atom. The van der Waals surface area contributed by atoms with Gasteiger partial charge in [-0.05, 0) is 46.0 Å². The second-order valence-electron chi connectivity index (χ2n) is 7.06. The molecule has 0 fully saturated rings. The van der Waals surface area contributed by atoms with Gasteiger partial charge in [-0.25, -0.2) is 4.99 Å². The van der Waals surface area contributed by atoms with Crippen molar-refractivity contribution in [3.8, 4) is 0 Å². The van der Waals surface area contributed by atoms with Gasteiger partial charge < -0.3 is 10.6 Å². The van der Waals surface area contributed by atoms with Gasteiger partial charge >= 0.3 is 0 Å². The fraction of sp³-hybridized carbons (Fsp3) is 0.174. The molecule has 2 N–H and O–H groups in total. The average molecular weight is 341 g/mol. The summed E-state index contributed by atoms with van der Waals surface area (Å²) in [5.41, 5.74) is 12.0. The fourth-order valence-electron chi connectivity index (χ4n) is 3.43. The monoisotopic (exact) mass is 341 g/mol. The van der Waals surface area contributed by atoms with Gasteiger partial charge in [-0.2, -0.15) is 0 Å². The van der Waals surface area contributed by atoms with E-state index in [1.165, 1.54) is 21.9 Å². The van der Waals surface area contributed by atoms with Gasteiger partial charge in [-0.3, -0.25) is 0 Å². The van der Waals surface area contributed by atoms with Crippen molar-refractivity contribution in [3.63, 3.8) is 0 Å². The van der Waals surface area contributed by atoms with Gasteiger partial charge in [0.25, 0.3) is 0 Å². The van der Waals surface area contributed by atoms with E-state index in [0.29, 0.717) is 11.9 Å². The van der Waals surface area contributed by atoms with Crippen molar-refractivity contribution < 1.29 is 0 Å². The van der Waals surface area contributed by atoms with E-state index < -0.39 is 0 Å². The molecule has 1 aliphatic rings. The quantitative estimate of drug-likeness (QED) is 0.393. The van der Waals surface area contributed by atoms with Crippen LogP contribution in [0.15, 0.2) is 59.6 Å². The largest absolute Gasteiger partial charge is 0.369 e. The van der Waals surface area contributed by atoms with Crippen LogP contribution in [0.1, 0.15) is 36.5 Å². The summed E-state index contributed by atoms with van der Waals surface area (Å²) >= 11 is 0. The van der Waals surface area contributed by atoms with Crippen molar-refractivity contribution >= 4 is 40.3 Å². The zero-order valence-electron chi connectivity index (χ0n) is 15.4. The molecule has 26 heavy (non-hydrogen) atoms. The van der Waals surface area contributed by atoms with Crippen molar-refractivity contribution in [2.24, 2.45) is 10.7 Å². The minimum absolute atomic E-state index is 0.478. The molecule has 0 saturated carbocycles. The molecule has 4 rings (SSSR count).